The fourth-order valence-electron chi connectivity index (χ4n) is 2.25. The number of hydrogen-bond donors (Lipinski definition) is 0. The van der Waals surface area contributed by atoms with E-state index in [4.69, 9.17) is 0 Å². The molecule has 0 aromatic rings. The summed E-state index contributed by atoms with van der Waals surface area (Å²) in [5.41, 5.74) is 0. The zero-order chi connectivity index (χ0) is 12.6. The third kappa shape index (κ3) is 19.3. The van der Waals surface area contributed by atoms with Crippen LogP contribution in [-0.2, 0) is 4.79 Å². The van der Waals surface area contributed by atoms with Crippen molar-refractivity contribution in [1.82, 2.24) is 0 Å². The van der Waals surface area contributed by atoms with Gasteiger partial charge in [-0.15, -0.1) is 0 Å². The van der Waals surface area contributed by atoms with Gasteiger partial charge in [-0.05, 0) is 6.42 Å². The SMILES string of the molecule is CCCCCCCCCCCCCCCC=O.[Ca+2].[H-].[H-]. The van der Waals surface area contributed by atoms with Gasteiger partial charge in [0.1, 0.15) is 6.29 Å². The molecule has 0 aliphatic carbocycles. The Labute approximate surface area is 147 Å². The summed E-state index contributed by atoms with van der Waals surface area (Å²) in [5.74, 6) is 0. The molecule has 0 fully saturated rings. The summed E-state index contributed by atoms with van der Waals surface area (Å²) in [6.45, 7) is 2.27. The van der Waals surface area contributed by atoms with E-state index in [2.05, 4.69) is 6.92 Å². The van der Waals surface area contributed by atoms with Gasteiger partial charge >= 0.3 is 37.7 Å². The van der Waals surface area contributed by atoms with Crippen LogP contribution in [0.4, 0.5) is 0 Å². The largest absolute Gasteiger partial charge is 2.00 e. The van der Waals surface area contributed by atoms with Crippen LogP contribution in [0.25, 0.3) is 0 Å². The molecule has 18 heavy (non-hydrogen) atoms. The number of carbonyl (C=O) groups excluding carboxylic acids is 1. The maximum absolute atomic E-state index is 10.1. The van der Waals surface area contributed by atoms with Crippen molar-refractivity contribution in [2.24, 2.45) is 0 Å². The molecule has 0 unspecified atom stereocenters. The molecule has 0 aliphatic rings. The smallest absolute Gasteiger partial charge is 1.00 e. The van der Waals surface area contributed by atoms with Crippen molar-refractivity contribution in [2.45, 2.75) is 96.8 Å². The zero-order valence-corrected chi connectivity index (χ0v) is 14.8. The molecule has 0 spiro atoms. The van der Waals surface area contributed by atoms with Gasteiger partial charge in [-0.3, -0.25) is 0 Å². The molecule has 106 valence electrons. The molecule has 0 saturated carbocycles. The maximum atomic E-state index is 10.1. The van der Waals surface area contributed by atoms with Gasteiger partial charge in [0.2, 0.25) is 0 Å². The molecule has 0 aliphatic heterocycles. The van der Waals surface area contributed by atoms with Crippen LogP contribution in [0, 0.1) is 0 Å². The van der Waals surface area contributed by atoms with Crippen molar-refractivity contribution >= 4 is 44.0 Å². The average molecular weight is 283 g/mol. The van der Waals surface area contributed by atoms with Gasteiger partial charge in [-0.1, -0.05) is 84.0 Å². The van der Waals surface area contributed by atoms with Crippen LogP contribution in [0.15, 0.2) is 0 Å². The summed E-state index contributed by atoms with van der Waals surface area (Å²) < 4.78 is 0. The topological polar surface area (TPSA) is 17.1 Å². The quantitative estimate of drug-likeness (QED) is 0.233. The fraction of sp³-hybridized carbons (Fsp3) is 0.938. The molecule has 2 heteroatoms. The number of hydrogen-bond acceptors (Lipinski definition) is 1. The Kier molecular flexibility index (Phi) is 23.9. The predicted molar refractivity (Wildman–Crippen MR) is 84.4 cm³/mol. The van der Waals surface area contributed by atoms with Crippen molar-refractivity contribution in [3.8, 4) is 0 Å². The molecular formula is C16H34CaO. The average Bonchev–Trinajstić information content (AvgIpc) is 2.35. The van der Waals surface area contributed by atoms with Gasteiger partial charge in [0, 0.05) is 6.42 Å². The van der Waals surface area contributed by atoms with Crippen LogP contribution >= 0.6 is 0 Å². The maximum Gasteiger partial charge on any atom is 2.00 e. The van der Waals surface area contributed by atoms with E-state index in [1.54, 1.807) is 0 Å². The minimum Gasteiger partial charge on any atom is -1.00 e. The van der Waals surface area contributed by atoms with Crippen LogP contribution in [0.3, 0.4) is 0 Å². The Balaban J connectivity index is -0.000000427. The molecule has 0 aromatic carbocycles. The second kappa shape index (κ2) is 20.3. The van der Waals surface area contributed by atoms with Crippen molar-refractivity contribution in [3.63, 3.8) is 0 Å². The van der Waals surface area contributed by atoms with Gasteiger partial charge < -0.3 is 7.65 Å². The minimum atomic E-state index is 0. The first-order valence-electron chi connectivity index (χ1n) is 7.85. The second-order valence-corrected chi connectivity index (χ2v) is 5.20. The monoisotopic (exact) mass is 282 g/mol. The summed E-state index contributed by atoms with van der Waals surface area (Å²) in [7, 11) is 0. The predicted octanol–water partition coefficient (Wildman–Crippen LogP) is 5.51. The minimum absolute atomic E-state index is 0. The van der Waals surface area contributed by atoms with Crippen molar-refractivity contribution < 1.29 is 7.65 Å². The van der Waals surface area contributed by atoms with E-state index >= 15 is 0 Å². The molecule has 0 N–H and O–H groups in total. The molecule has 1 nitrogen and oxygen atoms in total. The van der Waals surface area contributed by atoms with E-state index in [-0.39, 0.29) is 40.6 Å². The molecule has 0 saturated heterocycles. The van der Waals surface area contributed by atoms with E-state index in [9.17, 15) is 4.79 Å². The van der Waals surface area contributed by atoms with Gasteiger partial charge in [0.05, 0.1) is 0 Å². The summed E-state index contributed by atoms with van der Waals surface area (Å²) in [6, 6.07) is 0. The summed E-state index contributed by atoms with van der Waals surface area (Å²) >= 11 is 0. The van der Waals surface area contributed by atoms with Gasteiger partial charge in [-0.25, -0.2) is 0 Å². The van der Waals surface area contributed by atoms with Crippen LogP contribution in [0.5, 0.6) is 0 Å². The first-order valence-corrected chi connectivity index (χ1v) is 7.85. The molecular weight excluding hydrogens is 248 g/mol. The Morgan fingerprint density at radius 1 is 0.667 bits per heavy atom. The Morgan fingerprint density at radius 2 is 1.00 bits per heavy atom. The third-order valence-electron chi connectivity index (χ3n) is 3.43. The summed E-state index contributed by atoms with van der Waals surface area (Å²) in [6.07, 6.45) is 19.6. The molecule has 0 atom stereocenters. The van der Waals surface area contributed by atoms with Crippen molar-refractivity contribution in [1.29, 1.82) is 0 Å². The first-order chi connectivity index (χ1) is 8.41. The van der Waals surface area contributed by atoms with Crippen LogP contribution in [0.1, 0.15) is 99.7 Å². The van der Waals surface area contributed by atoms with Crippen LogP contribution < -0.4 is 0 Å². The Bertz CT molecular complexity index is 157. The number of carbonyl (C=O) groups is 1. The van der Waals surface area contributed by atoms with Crippen molar-refractivity contribution in [3.05, 3.63) is 0 Å². The van der Waals surface area contributed by atoms with E-state index in [0.717, 1.165) is 19.1 Å². The van der Waals surface area contributed by atoms with Gasteiger partial charge in [0.25, 0.3) is 0 Å². The zero-order valence-electron chi connectivity index (χ0n) is 14.6. The molecule has 0 radical (unpaired) electrons. The molecule has 0 heterocycles. The third-order valence-corrected chi connectivity index (χ3v) is 3.43. The van der Waals surface area contributed by atoms with Crippen LogP contribution in [0.2, 0.25) is 0 Å². The van der Waals surface area contributed by atoms with E-state index in [1.807, 2.05) is 0 Å². The summed E-state index contributed by atoms with van der Waals surface area (Å²) in [4.78, 5) is 10.1. The van der Waals surface area contributed by atoms with E-state index in [1.165, 1.54) is 77.0 Å². The Hall–Kier alpha value is 0.930. The van der Waals surface area contributed by atoms with Crippen molar-refractivity contribution in [2.75, 3.05) is 0 Å². The fourth-order valence-corrected chi connectivity index (χ4v) is 2.25. The van der Waals surface area contributed by atoms with Gasteiger partial charge in [-0.2, -0.15) is 0 Å². The molecule has 0 amide bonds. The first kappa shape index (κ1) is 21.2. The van der Waals surface area contributed by atoms with Gasteiger partial charge in [0.15, 0.2) is 0 Å². The standard InChI is InChI=1S/C16H32O.Ca.2H/c1-2-3-4-5-6-7-8-9-10-11-12-13-14-15-16-17;;;/h16H,2-15H2,1H3;;;/q;+2;2*-1. The number of rotatable bonds is 14. The second-order valence-electron chi connectivity index (χ2n) is 5.20. The summed E-state index contributed by atoms with van der Waals surface area (Å²) in [5, 5.41) is 0. The molecule has 0 rings (SSSR count). The van der Waals surface area contributed by atoms with Crippen LogP contribution in [-0.4, -0.2) is 44.0 Å². The van der Waals surface area contributed by atoms with E-state index < -0.39 is 0 Å². The normalized spacial score (nSPS) is 10.1. The number of aldehydes is 1. The Morgan fingerprint density at radius 3 is 1.33 bits per heavy atom. The molecule has 0 aromatic heterocycles. The molecule has 0 bridgehead atoms. The van der Waals surface area contributed by atoms with E-state index in [0.29, 0.717) is 0 Å². The number of unbranched alkanes of at least 4 members (excludes halogenated alkanes) is 13.